The number of halogens is 3. The van der Waals surface area contributed by atoms with E-state index in [-0.39, 0.29) is 5.82 Å². The number of hydrogen-bond donors (Lipinski definition) is 0. The average molecular weight is 290 g/mol. The Morgan fingerprint density at radius 2 is 2.20 bits per heavy atom. The van der Waals surface area contributed by atoms with Gasteiger partial charge < -0.3 is 0 Å². The fourth-order valence-electron chi connectivity index (χ4n) is 1.20. The average Bonchev–Trinajstić information content (AvgIpc) is 2.70. The fourth-order valence-corrected chi connectivity index (χ4v) is 1.71. The summed E-state index contributed by atoms with van der Waals surface area (Å²) in [6.07, 6.45) is 1.79. The minimum Gasteiger partial charge on any atom is -0.241 e. The Kier molecular flexibility index (Phi) is 3.07. The maximum atomic E-state index is 13.0. The zero-order valence-electron chi connectivity index (χ0n) is 7.62. The van der Waals surface area contributed by atoms with E-state index >= 15 is 0 Å². The van der Waals surface area contributed by atoms with E-state index in [0.717, 1.165) is 11.4 Å². The van der Waals surface area contributed by atoms with Crippen LogP contribution in [0.4, 0.5) is 4.39 Å². The summed E-state index contributed by atoms with van der Waals surface area (Å²) < 4.78 is 15.1. The Bertz CT molecular complexity index is 484. The van der Waals surface area contributed by atoms with E-state index in [0.29, 0.717) is 10.4 Å². The summed E-state index contributed by atoms with van der Waals surface area (Å²) in [6, 6.07) is 6.54. The number of aromatic nitrogens is 2. The van der Waals surface area contributed by atoms with E-state index in [1.807, 2.05) is 6.07 Å². The molecule has 1 aromatic heterocycles. The molecule has 2 rings (SSSR count). The maximum Gasteiger partial charge on any atom is 0.137 e. The minimum atomic E-state index is -0.288. The molecule has 0 atom stereocenters. The molecular weight excluding hydrogens is 282 g/mol. The molecule has 0 saturated carbocycles. The SMILES string of the molecule is Fc1ccc(-n2ccc(CCl)n2)cc1Br. The van der Waals surface area contributed by atoms with Gasteiger partial charge in [-0.15, -0.1) is 11.6 Å². The van der Waals surface area contributed by atoms with Crippen molar-refractivity contribution in [1.29, 1.82) is 0 Å². The molecule has 0 fully saturated rings. The van der Waals surface area contributed by atoms with Crippen LogP contribution in [0.2, 0.25) is 0 Å². The Morgan fingerprint density at radius 3 is 2.80 bits per heavy atom. The van der Waals surface area contributed by atoms with Gasteiger partial charge in [0.1, 0.15) is 5.82 Å². The Labute approximate surface area is 99.8 Å². The summed E-state index contributed by atoms with van der Waals surface area (Å²) in [6.45, 7) is 0. The Balaban J connectivity index is 2.40. The van der Waals surface area contributed by atoms with Gasteiger partial charge in [-0.3, -0.25) is 0 Å². The van der Waals surface area contributed by atoms with Crippen LogP contribution in [-0.2, 0) is 5.88 Å². The molecule has 0 aliphatic rings. The van der Waals surface area contributed by atoms with Gasteiger partial charge in [0.2, 0.25) is 0 Å². The van der Waals surface area contributed by atoms with Crippen molar-refractivity contribution in [2.24, 2.45) is 0 Å². The molecule has 0 amide bonds. The lowest BCUT2D eigenvalue weighted by Crippen LogP contribution is -1.96. The van der Waals surface area contributed by atoms with Gasteiger partial charge >= 0.3 is 0 Å². The molecule has 0 aliphatic heterocycles. The van der Waals surface area contributed by atoms with Gasteiger partial charge in [0.05, 0.1) is 21.7 Å². The van der Waals surface area contributed by atoms with Crippen molar-refractivity contribution < 1.29 is 4.39 Å². The topological polar surface area (TPSA) is 17.8 Å². The molecule has 0 spiro atoms. The van der Waals surface area contributed by atoms with Gasteiger partial charge in [-0.25, -0.2) is 9.07 Å². The third-order valence-electron chi connectivity index (χ3n) is 1.95. The molecule has 15 heavy (non-hydrogen) atoms. The van der Waals surface area contributed by atoms with Crippen molar-refractivity contribution in [3.63, 3.8) is 0 Å². The second-order valence-corrected chi connectivity index (χ2v) is 4.11. The molecule has 0 N–H and O–H groups in total. The second kappa shape index (κ2) is 4.33. The quantitative estimate of drug-likeness (QED) is 0.774. The van der Waals surface area contributed by atoms with Crippen molar-refractivity contribution in [3.8, 4) is 5.69 Å². The Hall–Kier alpha value is -0.870. The maximum absolute atomic E-state index is 13.0. The molecular formula is C10H7BrClFN2. The zero-order valence-corrected chi connectivity index (χ0v) is 9.96. The molecule has 5 heteroatoms. The summed E-state index contributed by atoms with van der Waals surface area (Å²) in [5.74, 6) is 0.0820. The molecule has 0 unspecified atom stereocenters. The van der Waals surface area contributed by atoms with Crippen molar-refractivity contribution in [2.45, 2.75) is 5.88 Å². The first-order valence-electron chi connectivity index (χ1n) is 4.26. The first-order valence-corrected chi connectivity index (χ1v) is 5.59. The fraction of sp³-hybridized carbons (Fsp3) is 0.100. The molecule has 0 radical (unpaired) electrons. The summed E-state index contributed by atoms with van der Waals surface area (Å²) in [5, 5.41) is 4.21. The normalized spacial score (nSPS) is 10.6. The van der Waals surface area contributed by atoms with E-state index in [9.17, 15) is 4.39 Å². The lowest BCUT2D eigenvalue weighted by molar-refractivity contribution is 0.620. The van der Waals surface area contributed by atoms with Crippen molar-refractivity contribution in [1.82, 2.24) is 9.78 Å². The second-order valence-electron chi connectivity index (χ2n) is 2.98. The van der Waals surface area contributed by atoms with Crippen molar-refractivity contribution in [2.75, 3.05) is 0 Å². The lowest BCUT2D eigenvalue weighted by Gasteiger charge is -2.02. The van der Waals surface area contributed by atoms with E-state index in [1.165, 1.54) is 6.07 Å². The monoisotopic (exact) mass is 288 g/mol. The van der Waals surface area contributed by atoms with E-state index < -0.39 is 0 Å². The van der Waals surface area contributed by atoms with E-state index in [1.54, 1.807) is 23.0 Å². The summed E-state index contributed by atoms with van der Waals surface area (Å²) in [4.78, 5) is 0. The standard InChI is InChI=1S/C10H7BrClFN2/c11-9-5-8(1-2-10(9)13)15-4-3-7(6-12)14-15/h1-5H,6H2. The number of alkyl halides is 1. The molecule has 0 bridgehead atoms. The summed E-state index contributed by atoms with van der Waals surface area (Å²) in [5.41, 5.74) is 1.58. The Morgan fingerprint density at radius 1 is 1.40 bits per heavy atom. The van der Waals surface area contributed by atoms with Crippen LogP contribution in [0.5, 0.6) is 0 Å². The van der Waals surface area contributed by atoms with Crippen molar-refractivity contribution in [3.05, 3.63) is 46.4 Å². The van der Waals surface area contributed by atoms with Crippen LogP contribution in [-0.4, -0.2) is 9.78 Å². The number of rotatable bonds is 2. The first-order chi connectivity index (χ1) is 7.20. The highest BCUT2D eigenvalue weighted by Crippen LogP contribution is 2.19. The molecule has 2 aromatic rings. The highest BCUT2D eigenvalue weighted by molar-refractivity contribution is 9.10. The third-order valence-corrected chi connectivity index (χ3v) is 2.83. The predicted molar refractivity (Wildman–Crippen MR) is 60.8 cm³/mol. The summed E-state index contributed by atoms with van der Waals surface area (Å²) >= 11 is 8.76. The van der Waals surface area contributed by atoms with Crippen LogP contribution in [0.15, 0.2) is 34.9 Å². The molecule has 78 valence electrons. The smallest absolute Gasteiger partial charge is 0.137 e. The van der Waals surface area contributed by atoms with Crippen LogP contribution in [0.1, 0.15) is 5.69 Å². The number of nitrogens with zero attached hydrogens (tertiary/aromatic N) is 2. The van der Waals surface area contributed by atoms with Gasteiger partial charge in [-0.1, -0.05) is 0 Å². The third kappa shape index (κ3) is 2.21. The highest BCUT2D eigenvalue weighted by Gasteiger charge is 2.03. The van der Waals surface area contributed by atoms with Gasteiger partial charge in [0.25, 0.3) is 0 Å². The van der Waals surface area contributed by atoms with Crippen LogP contribution < -0.4 is 0 Å². The molecule has 2 nitrogen and oxygen atoms in total. The lowest BCUT2D eigenvalue weighted by atomic mass is 10.3. The highest BCUT2D eigenvalue weighted by atomic mass is 79.9. The van der Waals surface area contributed by atoms with E-state index in [4.69, 9.17) is 11.6 Å². The van der Waals surface area contributed by atoms with E-state index in [2.05, 4.69) is 21.0 Å². The van der Waals surface area contributed by atoms with Crippen LogP contribution in [0.3, 0.4) is 0 Å². The number of hydrogen-bond acceptors (Lipinski definition) is 1. The first kappa shape index (κ1) is 10.6. The van der Waals surface area contributed by atoms with Gasteiger partial charge in [0.15, 0.2) is 0 Å². The largest absolute Gasteiger partial charge is 0.241 e. The van der Waals surface area contributed by atoms with Crippen molar-refractivity contribution >= 4 is 27.5 Å². The minimum absolute atomic E-state index is 0.288. The van der Waals surface area contributed by atoms with Crippen LogP contribution in [0, 0.1) is 5.82 Å². The predicted octanol–water partition coefficient (Wildman–Crippen LogP) is 3.51. The van der Waals surface area contributed by atoms with Gasteiger partial charge in [-0.05, 0) is 40.2 Å². The molecule has 1 heterocycles. The number of benzene rings is 1. The summed E-state index contributed by atoms with van der Waals surface area (Å²) in [7, 11) is 0. The van der Waals surface area contributed by atoms with Gasteiger partial charge in [0, 0.05) is 6.20 Å². The van der Waals surface area contributed by atoms with Crippen LogP contribution >= 0.6 is 27.5 Å². The molecule has 0 aliphatic carbocycles. The van der Waals surface area contributed by atoms with Crippen LogP contribution in [0.25, 0.3) is 5.69 Å². The zero-order chi connectivity index (χ0) is 10.8. The van der Waals surface area contributed by atoms with Gasteiger partial charge in [-0.2, -0.15) is 5.10 Å². The molecule has 1 aromatic carbocycles. The molecule has 0 saturated heterocycles.